The van der Waals surface area contributed by atoms with E-state index in [4.69, 9.17) is 5.11 Å². The van der Waals surface area contributed by atoms with Gasteiger partial charge in [0.15, 0.2) is 6.04 Å². The van der Waals surface area contributed by atoms with Gasteiger partial charge < -0.3 is 20.4 Å². The van der Waals surface area contributed by atoms with Crippen LogP contribution in [-0.2, 0) is 4.79 Å². The topological polar surface area (TPSA) is 89.9 Å². The minimum Gasteiger partial charge on any atom is -0.480 e. The van der Waals surface area contributed by atoms with Crippen molar-refractivity contribution in [1.29, 1.82) is 0 Å². The van der Waals surface area contributed by atoms with Crippen LogP contribution < -0.4 is 5.32 Å². The number of hydrogen-bond donors (Lipinski definition) is 3. The number of rotatable bonds is 3. The summed E-state index contributed by atoms with van der Waals surface area (Å²) in [5.74, 6) is -1.22. The molecule has 6 nitrogen and oxygen atoms in total. The summed E-state index contributed by atoms with van der Waals surface area (Å²) in [6, 6.07) is -1.65. The zero-order valence-electron chi connectivity index (χ0n) is 10.1. The van der Waals surface area contributed by atoms with Crippen LogP contribution in [-0.4, -0.2) is 52.3 Å². The lowest BCUT2D eigenvalue weighted by atomic mass is 10.2. The molecule has 2 atom stereocenters. The first-order valence-corrected chi connectivity index (χ1v) is 5.98. The summed E-state index contributed by atoms with van der Waals surface area (Å²) in [5.41, 5.74) is 0. The Bertz CT molecular complexity index is 273. The molecule has 0 saturated carbocycles. The van der Waals surface area contributed by atoms with Crippen molar-refractivity contribution in [1.82, 2.24) is 10.2 Å². The lowest BCUT2D eigenvalue weighted by Crippen LogP contribution is -2.52. The minimum atomic E-state index is -1.24. The Morgan fingerprint density at radius 2 is 1.71 bits per heavy atom. The molecule has 2 amide bonds. The van der Waals surface area contributed by atoms with Crippen molar-refractivity contribution in [3.63, 3.8) is 0 Å². The highest BCUT2D eigenvalue weighted by atomic mass is 16.4. The van der Waals surface area contributed by atoms with Gasteiger partial charge in [-0.2, -0.15) is 0 Å². The smallest absolute Gasteiger partial charge is 0.328 e. The van der Waals surface area contributed by atoms with E-state index in [1.165, 1.54) is 6.92 Å². The van der Waals surface area contributed by atoms with Crippen molar-refractivity contribution < 1.29 is 19.8 Å². The number of carbonyl (C=O) groups is 2. The molecule has 0 radical (unpaired) electrons. The quantitative estimate of drug-likeness (QED) is 0.670. The van der Waals surface area contributed by atoms with E-state index in [2.05, 4.69) is 5.32 Å². The van der Waals surface area contributed by atoms with Gasteiger partial charge in [0.25, 0.3) is 0 Å². The fourth-order valence-electron chi connectivity index (χ4n) is 1.89. The molecule has 1 rings (SSSR count). The van der Waals surface area contributed by atoms with E-state index in [1.807, 2.05) is 0 Å². The monoisotopic (exact) mass is 244 g/mol. The summed E-state index contributed by atoms with van der Waals surface area (Å²) < 4.78 is 0. The number of amides is 2. The highest BCUT2D eigenvalue weighted by Crippen LogP contribution is 2.10. The number of nitrogens with one attached hydrogen (secondary N) is 1. The predicted molar refractivity (Wildman–Crippen MR) is 61.7 cm³/mol. The molecule has 6 heteroatoms. The number of hydrogen-bond acceptors (Lipinski definition) is 3. The lowest BCUT2D eigenvalue weighted by molar-refractivity contribution is -0.141. The largest absolute Gasteiger partial charge is 0.480 e. The maximum Gasteiger partial charge on any atom is 0.328 e. The van der Waals surface area contributed by atoms with Crippen molar-refractivity contribution in [2.45, 2.75) is 44.8 Å². The van der Waals surface area contributed by atoms with Crippen molar-refractivity contribution in [3.05, 3.63) is 0 Å². The average Bonchev–Trinajstić information content (AvgIpc) is 2.52. The molecule has 0 unspecified atom stereocenters. The van der Waals surface area contributed by atoms with E-state index in [0.29, 0.717) is 13.1 Å². The molecule has 0 bridgehead atoms. The average molecular weight is 244 g/mol. The molecule has 1 aliphatic heterocycles. The van der Waals surface area contributed by atoms with Crippen LogP contribution in [0.15, 0.2) is 0 Å². The zero-order chi connectivity index (χ0) is 12.8. The van der Waals surface area contributed by atoms with Gasteiger partial charge in [0, 0.05) is 13.1 Å². The Balaban J connectivity index is 2.53. The fraction of sp³-hybridized carbons (Fsp3) is 0.818. The highest BCUT2D eigenvalue weighted by molar-refractivity contribution is 5.83. The Morgan fingerprint density at radius 3 is 2.12 bits per heavy atom. The Kier molecular flexibility index (Phi) is 5.21. The lowest BCUT2D eigenvalue weighted by Gasteiger charge is -2.24. The van der Waals surface area contributed by atoms with Gasteiger partial charge in [0.05, 0.1) is 6.10 Å². The minimum absolute atomic E-state index is 0.403. The van der Waals surface area contributed by atoms with Crippen molar-refractivity contribution in [2.75, 3.05) is 13.1 Å². The van der Waals surface area contributed by atoms with Crippen LogP contribution in [0, 0.1) is 0 Å². The Hall–Kier alpha value is -1.30. The van der Waals surface area contributed by atoms with E-state index >= 15 is 0 Å². The van der Waals surface area contributed by atoms with E-state index < -0.39 is 24.1 Å². The van der Waals surface area contributed by atoms with Crippen LogP contribution >= 0.6 is 0 Å². The summed E-state index contributed by atoms with van der Waals surface area (Å²) >= 11 is 0. The molecular formula is C11H20N2O4. The van der Waals surface area contributed by atoms with Gasteiger partial charge in [-0.25, -0.2) is 9.59 Å². The molecule has 0 aromatic carbocycles. The number of aliphatic carboxylic acids is 1. The fourth-order valence-corrected chi connectivity index (χ4v) is 1.89. The van der Waals surface area contributed by atoms with E-state index in [-0.39, 0.29) is 0 Å². The summed E-state index contributed by atoms with van der Waals surface area (Å²) in [4.78, 5) is 24.3. The third-order valence-electron chi connectivity index (χ3n) is 2.92. The van der Waals surface area contributed by atoms with Gasteiger partial charge in [0.2, 0.25) is 0 Å². The number of aliphatic hydroxyl groups excluding tert-OH is 1. The van der Waals surface area contributed by atoms with Crippen LogP contribution in [0.2, 0.25) is 0 Å². The molecule has 0 aliphatic carbocycles. The van der Waals surface area contributed by atoms with Gasteiger partial charge in [-0.05, 0) is 19.8 Å². The van der Waals surface area contributed by atoms with Gasteiger partial charge in [0.1, 0.15) is 0 Å². The number of aliphatic hydroxyl groups is 1. The first-order chi connectivity index (χ1) is 8.02. The molecule has 3 N–H and O–H groups in total. The number of carbonyl (C=O) groups excluding carboxylic acids is 1. The van der Waals surface area contributed by atoms with Crippen LogP contribution in [0.4, 0.5) is 4.79 Å². The number of urea groups is 1. The standard InChI is InChI=1S/C11H20N2O4/c1-8(14)9(10(15)16)12-11(17)13-6-4-2-3-5-7-13/h8-9,14H,2-7H2,1H3,(H,12,17)(H,15,16)/t8-,9+/m1/s1. The third kappa shape index (κ3) is 4.22. The SMILES string of the molecule is C[C@@H](O)[C@H](NC(=O)N1CCCCCC1)C(=O)O. The predicted octanol–water partition coefficient (Wildman–Crippen LogP) is 0.406. The second kappa shape index (κ2) is 6.44. The molecule has 17 heavy (non-hydrogen) atoms. The molecule has 1 aliphatic rings. The van der Waals surface area contributed by atoms with Gasteiger partial charge in [-0.3, -0.25) is 0 Å². The third-order valence-corrected chi connectivity index (χ3v) is 2.92. The molecule has 0 aromatic rings. The van der Waals surface area contributed by atoms with E-state index in [9.17, 15) is 14.7 Å². The summed E-state index contributed by atoms with van der Waals surface area (Å²) in [5, 5.41) is 20.5. The molecule has 98 valence electrons. The summed E-state index contributed by atoms with van der Waals surface area (Å²) in [6.07, 6.45) is 2.98. The first kappa shape index (κ1) is 13.8. The second-order valence-electron chi connectivity index (χ2n) is 4.41. The van der Waals surface area contributed by atoms with Crippen molar-refractivity contribution >= 4 is 12.0 Å². The van der Waals surface area contributed by atoms with Crippen LogP contribution in [0.5, 0.6) is 0 Å². The maximum absolute atomic E-state index is 11.8. The van der Waals surface area contributed by atoms with Crippen LogP contribution in [0.3, 0.4) is 0 Å². The molecular weight excluding hydrogens is 224 g/mol. The molecule has 0 aromatic heterocycles. The second-order valence-corrected chi connectivity index (χ2v) is 4.41. The molecule has 0 spiro atoms. The van der Waals surface area contributed by atoms with Crippen LogP contribution in [0.25, 0.3) is 0 Å². The van der Waals surface area contributed by atoms with Gasteiger partial charge in [-0.1, -0.05) is 12.8 Å². The summed E-state index contributed by atoms with van der Waals surface area (Å²) in [6.45, 7) is 2.65. The molecule has 1 fully saturated rings. The zero-order valence-corrected chi connectivity index (χ0v) is 10.1. The summed E-state index contributed by atoms with van der Waals surface area (Å²) in [7, 11) is 0. The number of carboxylic acids is 1. The Morgan fingerprint density at radius 1 is 1.18 bits per heavy atom. The van der Waals surface area contributed by atoms with Gasteiger partial charge in [-0.15, -0.1) is 0 Å². The number of carboxylic acid groups (broad SMARTS) is 1. The number of likely N-dealkylation sites (tertiary alicyclic amines) is 1. The first-order valence-electron chi connectivity index (χ1n) is 5.98. The number of nitrogens with zero attached hydrogens (tertiary/aromatic N) is 1. The highest BCUT2D eigenvalue weighted by Gasteiger charge is 2.27. The molecule has 1 saturated heterocycles. The van der Waals surface area contributed by atoms with E-state index in [1.54, 1.807) is 4.90 Å². The van der Waals surface area contributed by atoms with Crippen molar-refractivity contribution in [2.24, 2.45) is 0 Å². The normalized spacial score (nSPS) is 20.2. The van der Waals surface area contributed by atoms with E-state index in [0.717, 1.165) is 25.7 Å². The van der Waals surface area contributed by atoms with Crippen LogP contribution in [0.1, 0.15) is 32.6 Å². The van der Waals surface area contributed by atoms with Crippen molar-refractivity contribution in [3.8, 4) is 0 Å². The maximum atomic E-state index is 11.8. The molecule has 1 heterocycles. The Labute approximate surface area is 101 Å². The van der Waals surface area contributed by atoms with Gasteiger partial charge >= 0.3 is 12.0 Å².